The van der Waals surface area contributed by atoms with Crippen molar-refractivity contribution in [2.45, 2.75) is 19.1 Å². The molecule has 0 saturated carbocycles. The van der Waals surface area contributed by atoms with Gasteiger partial charge in [0.25, 0.3) is 0 Å². The van der Waals surface area contributed by atoms with Crippen molar-refractivity contribution in [1.82, 2.24) is 4.90 Å². The van der Waals surface area contributed by atoms with Crippen LogP contribution in [0.25, 0.3) is 0 Å². The summed E-state index contributed by atoms with van der Waals surface area (Å²) in [6.45, 7) is -0.178. The van der Waals surface area contributed by atoms with Crippen LogP contribution in [0.3, 0.4) is 0 Å². The molecule has 3 nitrogen and oxygen atoms in total. The third-order valence-corrected chi connectivity index (χ3v) is 3.83. The lowest BCUT2D eigenvalue weighted by Gasteiger charge is -2.27. The second-order valence-corrected chi connectivity index (χ2v) is 5.41. The molecule has 1 aromatic rings. The van der Waals surface area contributed by atoms with Gasteiger partial charge < -0.3 is 5.11 Å². The van der Waals surface area contributed by atoms with E-state index in [1.54, 1.807) is 24.3 Å². The minimum absolute atomic E-state index is 0.0956. The van der Waals surface area contributed by atoms with Gasteiger partial charge in [-0.1, -0.05) is 23.7 Å². The number of carbonyl (C=O) groups is 1. The quantitative estimate of drug-likeness (QED) is 0.932. The number of hydrogen-bond donors (Lipinski definition) is 1. The molecule has 1 aliphatic heterocycles. The highest BCUT2D eigenvalue weighted by molar-refractivity contribution is 6.30. The van der Waals surface area contributed by atoms with Crippen LogP contribution in [0.4, 0.5) is 13.2 Å². The maximum atomic E-state index is 13.0. The molecule has 0 spiro atoms. The summed E-state index contributed by atoms with van der Waals surface area (Å²) >= 11 is 5.82. The van der Waals surface area contributed by atoms with Crippen LogP contribution in [0.1, 0.15) is 12.0 Å². The molecule has 2 rings (SSSR count). The Labute approximate surface area is 118 Å². The maximum absolute atomic E-state index is 13.0. The molecule has 1 atom stereocenters. The molecule has 1 saturated heterocycles. The zero-order valence-electron chi connectivity index (χ0n) is 10.5. The van der Waals surface area contributed by atoms with Crippen LogP contribution >= 0.6 is 11.6 Å². The molecule has 1 unspecified atom stereocenters. The zero-order chi connectivity index (χ0) is 15.0. The van der Waals surface area contributed by atoms with Crippen molar-refractivity contribution in [1.29, 1.82) is 0 Å². The molecular formula is C13H13ClF3NO2. The van der Waals surface area contributed by atoms with Gasteiger partial charge in [-0.05, 0) is 24.1 Å². The Morgan fingerprint density at radius 1 is 1.45 bits per heavy atom. The minimum atomic E-state index is -4.75. The van der Waals surface area contributed by atoms with Crippen molar-refractivity contribution in [2.75, 3.05) is 13.1 Å². The standard InChI is InChI=1S/C13H13ClF3NO2/c14-10-3-1-2-9(6-10)7-18-5-4-12(8-18,11(19)20)13(15,16)17/h1-3,6H,4-5,7-8H2,(H,19,20). The van der Waals surface area contributed by atoms with E-state index in [1.165, 1.54) is 4.90 Å². The van der Waals surface area contributed by atoms with Crippen molar-refractivity contribution in [2.24, 2.45) is 5.41 Å². The monoisotopic (exact) mass is 307 g/mol. The predicted octanol–water partition coefficient (Wildman–Crippen LogP) is 3.18. The Morgan fingerprint density at radius 3 is 2.65 bits per heavy atom. The molecule has 0 aliphatic carbocycles. The van der Waals surface area contributed by atoms with Crippen LogP contribution in [0.5, 0.6) is 0 Å². The Balaban J connectivity index is 2.13. The highest BCUT2D eigenvalue weighted by Crippen LogP contribution is 2.46. The number of rotatable bonds is 3. The van der Waals surface area contributed by atoms with Gasteiger partial charge in [-0.3, -0.25) is 9.69 Å². The van der Waals surface area contributed by atoms with Gasteiger partial charge in [-0.15, -0.1) is 0 Å². The van der Waals surface area contributed by atoms with Crippen LogP contribution in [0.2, 0.25) is 5.02 Å². The van der Waals surface area contributed by atoms with Gasteiger partial charge in [0, 0.05) is 24.7 Å². The van der Waals surface area contributed by atoms with Crippen molar-refractivity contribution < 1.29 is 23.1 Å². The van der Waals surface area contributed by atoms with Gasteiger partial charge in [0.05, 0.1) is 0 Å². The first-order valence-electron chi connectivity index (χ1n) is 6.01. The summed E-state index contributed by atoms with van der Waals surface area (Å²) in [4.78, 5) is 12.5. The average molecular weight is 308 g/mol. The smallest absolute Gasteiger partial charge is 0.406 e. The summed E-state index contributed by atoms with van der Waals surface area (Å²) in [7, 11) is 0. The van der Waals surface area contributed by atoms with Gasteiger partial charge >= 0.3 is 12.1 Å². The Morgan fingerprint density at radius 2 is 2.15 bits per heavy atom. The topological polar surface area (TPSA) is 40.5 Å². The van der Waals surface area contributed by atoms with E-state index in [9.17, 15) is 18.0 Å². The van der Waals surface area contributed by atoms with E-state index in [1.807, 2.05) is 0 Å². The lowest BCUT2D eigenvalue weighted by molar-refractivity contribution is -0.227. The molecule has 0 radical (unpaired) electrons. The Bertz CT molecular complexity index is 521. The number of benzene rings is 1. The summed E-state index contributed by atoms with van der Waals surface area (Å²) in [6.07, 6.45) is -5.17. The molecule has 1 aliphatic rings. The molecular weight excluding hydrogens is 295 g/mol. The molecule has 1 heterocycles. The van der Waals surface area contributed by atoms with E-state index in [0.29, 0.717) is 5.02 Å². The second-order valence-electron chi connectivity index (χ2n) is 4.98. The van der Waals surface area contributed by atoms with E-state index in [0.717, 1.165) is 5.56 Å². The fourth-order valence-electron chi connectivity index (χ4n) is 2.44. The number of nitrogens with zero attached hydrogens (tertiary/aromatic N) is 1. The molecule has 1 N–H and O–H groups in total. The van der Waals surface area contributed by atoms with Crippen LogP contribution in [-0.4, -0.2) is 35.2 Å². The molecule has 1 aromatic carbocycles. The largest absolute Gasteiger partial charge is 0.481 e. The lowest BCUT2D eigenvalue weighted by Crippen LogP contribution is -2.47. The van der Waals surface area contributed by atoms with Crippen LogP contribution in [0.15, 0.2) is 24.3 Å². The summed E-state index contributed by atoms with van der Waals surface area (Å²) in [5.41, 5.74) is -1.90. The molecule has 1 fully saturated rings. The molecule has 0 aromatic heterocycles. The maximum Gasteiger partial charge on any atom is 0.406 e. The lowest BCUT2D eigenvalue weighted by atomic mass is 9.86. The van der Waals surface area contributed by atoms with E-state index in [-0.39, 0.29) is 13.1 Å². The molecule has 0 amide bonds. The zero-order valence-corrected chi connectivity index (χ0v) is 11.2. The number of carboxylic acids is 1. The number of alkyl halides is 3. The Kier molecular flexibility index (Phi) is 3.97. The number of carboxylic acid groups (broad SMARTS) is 1. The van der Waals surface area contributed by atoms with Crippen LogP contribution in [0, 0.1) is 5.41 Å². The Hall–Kier alpha value is -1.27. The first kappa shape index (κ1) is 15.1. The van der Waals surface area contributed by atoms with E-state index < -0.39 is 30.5 Å². The first-order valence-corrected chi connectivity index (χ1v) is 6.39. The molecule has 7 heteroatoms. The molecule has 0 bridgehead atoms. The number of hydrogen-bond acceptors (Lipinski definition) is 2. The van der Waals surface area contributed by atoms with Gasteiger partial charge in [0.2, 0.25) is 0 Å². The van der Waals surface area contributed by atoms with Gasteiger partial charge in [-0.25, -0.2) is 0 Å². The van der Waals surface area contributed by atoms with E-state index in [2.05, 4.69) is 0 Å². The first-order chi connectivity index (χ1) is 9.24. The van der Waals surface area contributed by atoms with Crippen molar-refractivity contribution >= 4 is 17.6 Å². The van der Waals surface area contributed by atoms with Gasteiger partial charge in [0.1, 0.15) is 0 Å². The van der Waals surface area contributed by atoms with E-state index in [4.69, 9.17) is 16.7 Å². The summed E-state index contributed by atoms with van der Waals surface area (Å²) in [5.74, 6) is -1.81. The summed E-state index contributed by atoms with van der Waals surface area (Å²) in [5, 5.41) is 9.46. The predicted molar refractivity (Wildman–Crippen MR) is 67.5 cm³/mol. The summed E-state index contributed by atoms with van der Waals surface area (Å²) in [6, 6.07) is 6.80. The van der Waals surface area contributed by atoms with Crippen molar-refractivity contribution in [3.05, 3.63) is 34.9 Å². The third kappa shape index (κ3) is 2.76. The number of halogens is 4. The fraction of sp³-hybridized carbons (Fsp3) is 0.462. The molecule has 110 valence electrons. The second kappa shape index (κ2) is 5.26. The number of aliphatic carboxylic acids is 1. The van der Waals surface area contributed by atoms with Crippen LogP contribution < -0.4 is 0 Å². The fourth-order valence-corrected chi connectivity index (χ4v) is 2.66. The normalized spacial score (nSPS) is 24.0. The molecule has 20 heavy (non-hydrogen) atoms. The van der Waals surface area contributed by atoms with E-state index >= 15 is 0 Å². The van der Waals surface area contributed by atoms with Crippen LogP contribution in [-0.2, 0) is 11.3 Å². The van der Waals surface area contributed by atoms with Gasteiger partial charge in [-0.2, -0.15) is 13.2 Å². The highest BCUT2D eigenvalue weighted by Gasteiger charge is 2.63. The average Bonchev–Trinajstić information content (AvgIpc) is 2.73. The SMILES string of the molecule is O=C(O)C1(C(F)(F)F)CCN(Cc2cccc(Cl)c2)C1. The van der Waals surface area contributed by atoms with Crippen molar-refractivity contribution in [3.63, 3.8) is 0 Å². The summed E-state index contributed by atoms with van der Waals surface area (Å²) < 4.78 is 39.0. The number of likely N-dealkylation sites (tertiary alicyclic amines) is 1. The van der Waals surface area contributed by atoms with Gasteiger partial charge in [0.15, 0.2) is 5.41 Å². The minimum Gasteiger partial charge on any atom is -0.481 e. The van der Waals surface area contributed by atoms with Crippen molar-refractivity contribution in [3.8, 4) is 0 Å². The highest BCUT2D eigenvalue weighted by atomic mass is 35.5. The third-order valence-electron chi connectivity index (χ3n) is 3.60.